The Morgan fingerprint density at radius 1 is 0.844 bits per heavy atom. The number of methoxy groups -OCH3 is 1. The minimum atomic E-state index is -0.654. The Morgan fingerprint density at radius 2 is 1.34 bits per heavy atom. The molecule has 0 N–H and O–H groups in total. The van der Waals surface area contributed by atoms with Gasteiger partial charge in [0.1, 0.15) is 11.2 Å². The Morgan fingerprint density at radius 3 is 1.91 bits per heavy atom. The molecule has 182 valence electrons. The van der Waals surface area contributed by atoms with Crippen molar-refractivity contribution in [3.05, 3.63) is 24.3 Å². The maximum absolute atomic E-state index is 12.1. The molecule has 0 radical (unpaired) electrons. The molecule has 2 rings (SSSR count). The molecule has 2 aliphatic carbocycles. The van der Waals surface area contributed by atoms with Gasteiger partial charge in [-0.05, 0) is 47.0 Å². The summed E-state index contributed by atoms with van der Waals surface area (Å²) in [5, 5.41) is 0. The van der Waals surface area contributed by atoms with Gasteiger partial charge in [-0.3, -0.25) is 0 Å². The normalized spacial score (nSPS) is 32.7. The molecule has 7 heteroatoms. The van der Waals surface area contributed by atoms with Crippen molar-refractivity contribution in [2.45, 2.75) is 102 Å². The quantitative estimate of drug-likeness (QED) is 0.278. The lowest BCUT2D eigenvalue weighted by atomic mass is 9.82. The summed E-state index contributed by atoms with van der Waals surface area (Å²) in [6, 6.07) is 0. The van der Waals surface area contributed by atoms with E-state index in [1.807, 2.05) is 13.8 Å². The van der Waals surface area contributed by atoms with Crippen molar-refractivity contribution in [1.82, 2.24) is 0 Å². The lowest BCUT2D eigenvalue weighted by Gasteiger charge is -2.41. The molecular weight excluding hydrogens is 412 g/mol. The third-order valence-corrected chi connectivity index (χ3v) is 6.23. The molecule has 0 aromatic carbocycles. The van der Waals surface area contributed by atoms with Crippen molar-refractivity contribution < 1.29 is 33.3 Å². The molecule has 7 nitrogen and oxygen atoms in total. The fourth-order valence-electron chi connectivity index (χ4n) is 4.57. The standard InChI is InChI=1S/C25H40O7/c1-17(2)22(26)31-24(5)10-8-9-19(14-24)29-11-12-30-21-13-20(28-7)15-25(6,16-21)32-23(27)18(3)4/h19-21H,1,3,8-16H2,2,4-7H3. The smallest absolute Gasteiger partial charge is 0.333 e. The molecule has 5 unspecified atom stereocenters. The maximum atomic E-state index is 12.1. The van der Waals surface area contributed by atoms with Crippen molar-refractivity contribution in [3.63, 3.8) is 0 Å². The van der Waals surface area contributed by atoms with Gasteiger partial charge in [0.25, 0.3) is 0 Å². The molecule has 0 heterocycles. The SMILES string of the molecule is C=C(C)C(=O)OC1(C)CCCC(OCCOC2CC(OC)CC(C)(OC(=O)C(=C)C)C2)C1. The monoisotopic (exact) mass is 452 g/mol. The van der Waals surface area contributed by atoms with E-state index in [0.29, 0.717) is 43.6 Å². The first-order valence-electron chi connectivity index (χ1n) is 11.5. The van der Waals surface area contributed by atoms with Crippen LogP contribution < -0.4 is 0 Å². The van der Waals surface area contributed by atoms with Gasteiger partial charge in [0.2, 0.25) is 0 Å². The van der Waals surface area contributed by atoms with Crippen LogP contribution in [0.4, 0.5) is 0 Å². The Kier molecular flexibility index (Phi) is 9.49. The topological polar surface area (TPSA) is 80.3 Å². The van der Waals surface area contributed by atoms with Crippen molar-refractivity contribution in [3.8, 4) is 0 Å². The summed E-state index contributed by atoms with van der Waals surface area (Å²) >= 11 is 0. The molecular formula is C25H40O7. The number of esters is 2. The Labute approximate surface area is 192 Å². The third kappa shape index (κ3) is 8.01. The number of carbonyl (C=O) groups is 2. The summed E-state index contributed by atoms with van der Waals surface area (Å²) in [5.74, 6) is -0.740. The molecule has 0 aromatic heterocycles. The molecule has 2 saturated carbocycles. The second kappa shape index (κ2) is 11.4. The van der Waals surface area contributed by atoms with Crippen LogP contribution >= 0.6 is 0 Å². The van der Waals surface area contributed by atoms with Crippen LogP contribution in [0.5, 0.6) is 0 Å². The molecule has 0 aromatic rings. The van der Waals surface area contributed by atoms with E-state index < -0.39 is 11.2 Å². The first-order chi connectivity index (χ1) is 14.9. The van der Waals surface area contributed by atoms with Gasteiger partial charge in [-0.15, -0.1) is 0 Å². The second-order valence-electron chi connectivity index (χ2n) is 9.82. The van der Waals surface area contributed by atoms with Crippen molar-refractivity contribution in [1.29, 1.82) is 0 Å². The van der Waals surface area contributed by atoms with E-state index in [1.54, 1.807) is 21.0 Å². The van der Waals surface area contributed by atoms with Crippen molar-refractivity contribution in [2.75, 3.05) is 20.3 Å². The average molecular weight is 453 g/mol. The molecule has 0 aliphatic heterocycles. The van der Waals surface area contributed by atoms with Crippen LogP contribution in [0.3, 0.4) is 0 Å². The van der Waals surface area contributed by atoms with Gasteiger partial charge in [0.15, 0.2) is 0 Å². The lowest BCUT2D eigenvalue weighted by Crippen LogP contribution is -2.46. The van der Waals surface area contributed by atoms with E-state index >= 15 is 0 Å². The van der Waals surface area contributed by atoms with Gasteiger partial charge in [0, 0.05) is 43.9 Å². The minimum Gasteiger partial charge on any atom is -0.456 e. The molecule has 0 amide bonds. The molecule has 0 bridgehead atoms. The van der Waals surface area contributed by atoms with E-state index in [4.69, 9.17) is 23.7 Å². The summed E-state index contributed by atoms with van der Waals surface area (Å²) in [6.45, 7) is 15.4. The highest BCUT2D eigenvalue weighted by molar-refractivity contribution is 5.87. The highest BCUT2D eigenvalue weighted by Gasteiger charge is 2.41. The van der Waals surface area contributed by atoms with Crippen LogP contribution in [0.1, 0.15) is 72.6 Å². The molecule has 2 fully saturated rings. The molecule has 32 heavy (non-hydrogen) atoms. The van der Waals surface area contributed by atoms with Crippen LogP contribution in [0.15, 0.2) is 24.3 Å². The van der Waals surface area contributed by atoms with Gasteiger partial charge in [0.05, 0.1) is 31.5 Å². The van der Waals surface area contributed by atoms with Crippen LogP contribution in [0, 0.1) is 0 Å². The van der Waals surface area contributed by atoms with Crippen LogP contribution in [-0.4, -0.2) is 61.8 Å². The van der Waals surface area contributed by atoms with Gasteiger partial charge in [-0.1, -0.05) is 13.2 Å². The minimum absolute atomic E-state index is 0.0233. The second-order valence-corrected chi connectivity index (χ2v) is 9.82. The van der Waals surface area contributed by atoms with Crippen LogP contribution in [-0.2, 0) is 33.3 Å². The fraction of sp³-hybridized carbons (Fsp3) is 0.760. The number of rotatable bonds is 10. The number of hydrogen-bond acceptors (Lipinski definition) is 7. The summed E-state index contributed by atoms with van der Waals surface area (Å²) in [4.78, 5) is 24.0. The zero-order valence-corrected chi connectivity index (χ0v) is 20.4. The molecule has 5 atom stereocenters. The largest absolute Gasteiger partial charge is 0.456 e. The third-order valence-electron chi connectivity index (χ3n) is 6.23. The van der Waals surface area contributed by atoms with Gasteiger partial charge >= 0.3 is 11.9 Å². The summed E-state index contributed by atoms with van der Waals surface area (Å²) in [7, 11) is 1.66. The summed E-state index contributed by atoms with van der Waals surface area (Å²) in [6.07, 6.45) is 5.23. The predicted molar refractivity (Wildman–Crippen MR) is 121 cm³/mol. The zero-order chi connectivity index (χ0) is 23.9. The van der Waals surface area contributed by atoms with Gasteiger partial charge < -0.3 is 23.7 Å². The maximum Gasteiger partial charge on any atom is 0.333 e. The molecule has 0 saturated heterocycles. The summed E-state index contributed by atoms with van der Waals surface area (Å²) in [5.41, 5.74) is -0.390. The number of ether oxygens (including phenoxy) is 5. The Bertz CT molecular complexity index is 702. The van der Waals surface area contributed by atoms with E-state index in [2.05, 4.69) is 13.2 Å². The highest BCUT2D eigenvalue weighted by atomic mass is 16.6. The van der Waals surface area contributed by atoms with Crippen molar-refractivity contribution >= 4 is 11.9 Å². The van der Waals surface area contributed by atoms with E-state index in [0.717, 1.165) is 25.7 Å². The zero-order valence-electron chi connectivity index (χ0n) is 20.4. The molecule has 0 spiro atoms. The van der Waals surface area contributed by atoms with Crippen molar-refractivity contribution in [2.24, 2.45) is 0 Å². The van der Waals surface area contributed by atoms with E-state index in [9.17, 15) is 9.59 Å². The van der Waals surface area contributed by atoms with Gasteiger partial charge in [-0.25, -0.2) is 9.59 Å². The lowest BCUT2D eigenvalue weighted by molar-refractivity contribution is -0.173. The molecule has 2 aliphatic rings. The summed E-state index contributed by atoms with van der Waals surface area (Å²) < 4.78 is 29.0. The van der Waals surface area contributed by atoms with Gasteiger partial charge in [-0.2, -0.15) is 0 Å². The highest BCUT2D eigenvalue weighted by Crippen LogP contribution is 2.36. The average Bonchev–Trinajstić information content (AvgIpc) is 2.70. The first kappa shape index (κ1) is 26.6. The van der Waals surface area contributed by atoms with Crippen LogP contribution in [0.25, 0.3) is 0 Å². The number of hydrogen-bond donors (Lipinski definition) is 0. The van der Waals surface area contributed by atoms with E-state index in [-0.39, 0.29) is 30.3 Å². The fourth-order valence-corrected chi connectivity index (χ4v) is 4.57. The number of carbonyl (C=O) groups excluding carboxylic acids is 2. The van der Waals surface area contributed by atoms with Crippen LogP contribution in [0.2, 0.25) is 0 Å². The first-order valence-corrected chi connectivity index (χ1v) is 11.5. The van der Waals surface area contributed by atoms with E-state index in [1.165, 1.54) is 0 Å². The predicted octanol–water partition coefficient (Wildman–Crippen LogP) is 4.29. The Balaban J connectivity index is 1.80. The Hall–Kier alpha value is -1.70.